The first-order chi connectivity index (χ1) is 9.24. The Kier molecular flexibility index (Phi) is 3.95. The molecule has 0 aromatic carbocycles. The molecule has 0 saturated carbocycles. The van der Waals surface area contributed by atoms with Crippen molar-refractivity contribution in [3.05, 3.63) is 0 Å². The fourth-order valence-corrected chi connectivity index (χ4v) is 3.47. The van der Waals surface area contributed by atoms with Gasteiger partial charge in [0.05, 0.1) is 5.54 Å². The minimum atomic E-state index is -0.982. The van der Waals surface area contributed by atoms with Crippen LogP contribution in [-0.4, -0.2) is 52.3 Å². The molecule has 0 aliphatic carbocycles. The molecule has 0 bridgehead atoms. The molecule has 1 amide bonds. The molecule has 2 saturated heterocycles. The smallest absolute Gasteiger partial charge is 0.408 e. The van der Waals surface area contributed by atoms with E-state index in [1.165, 1.54) is 0 Å². The Morgan fingerprint density at radius 1 is 1.25 bits per heavy atom. The number of ether oxygens (including phenoxy) is 1. The lowest BCUT2D eigenvalue weighted by Crippen LogP contribution is -2.60. The Balaban J connectivity index is 2.12. The Morgan fingerprint density at radius 2 is 1.80 bits per heavy atom. The van der Waals surface area contributed by atoms with Gasteiger partial charge in [-0.25, -0.2) is 9.59 Å². The molecule has 0 aromatic rings. The summed E-state index contributed by atoms with van der Waals surface area (Å²) in [6, 6.07) is -0.901. The van der Waals surface area contributed by atoms with E-state index in [1.807, 2.05) is 0 Å². The third kappa shape index (κ3) is 2.90. The Morgan fingerprint density at radius 3 is 2.25 bits per heavy atom. The fourth-order valence-electron chi connectivity index (χ4n) is 3.47. The summed E-state index contributed by atoms with van der Waals surface area (Å²) in [5.74, 6) is -0.982. The standard InChI is InChI=1S/C14H24N2O4/c1-13(2,3)20-12(19)15-10(11(17)18)14-6-4-8-16(14)9-5-7-14/h10H,4-9H2,1-3H3,(H,15,19)(H,17,18). The Labute approximate surface area is 119 Å². The first-order valence-electron chi connectivity index (χ1n) is 7.22. The van der Waals surface area contributed by atoms with Gasteiger partial charge in [0, 0.05) is 0 Å². The summed E-state index contributed by atoms with van der Waals surface area (Å²) >= 11 is 0. The van der Waals surface area contributed by atoms with Crippen molar-refractivity contribution in [2.24, 2.45) is 0 Å². The van der Waals surface area contributed by atoms with Crippen LogP contribution in [0.25, 0.3) is 0 Å². The molecule has 2 rings (SSSR count). The summed E-state index contributed by atoms with van der Waals surface area (Å²) in [7, 11) is 0. The number of hydrogen-bond acceptors (Lipinski definition) is 4. The first-order valence-corrected chi connectivity index (χ1v) is 7.22. The summed E-state index contributed by atoms with van der Waals surface area (Å²) in [5, 5.41) is 12.1. The SMILES string of the molecule is CC(C)(C)OC(=O)NC(C(=O)O)C12CCCN1CCC2. The summed E-state index contributed by atoms with van der Waals surface area (Å²) < 4.78 is 5.19. The topological polar surface area (TPSA) is 78.9 Å². The van der Waals surface area contributed by atoms with E-state index in [0.717, 1.165) is 38.8 Å². The summed E-state index contributed by atoms with van der Waals surface area (Å²) in [6.07, 6.45) is 2.96. The average molecular weight is 284 g/mol. The minimum absolute atomic E-state index is 0.428. The predicted octanol–water partition coefficient (Wildman–Crippen LogP) is 1.59. The molecule has 1 unspecified atom stereocenters. The van der Waals surface area contributed by atoms with Crippen LogP contribution in [0.15, 0.2) is 0 Å². The molecule has 1 atom stereocenters. The number of carbonyl (C=O) groups excluding carboxylic acids is 1. The van der Waals surface area contributed by atoms with Crippen LogP contribution in [0.4, 0.5) is 4.79 Å². The fraction of sp³-hybridized carbons (Fsp3) is 0.857. The summed E-state index contributed by atoms with van der Waals surface area (Å²) in [6.45, 7) is 7.12. The molecule has 0 radical (unpaired) electrons. The first kappa shape index (κ1) is 15.1. The van der Waals surface area contributed by atoms with Gasteiger partial charge in [-0.2, -0.15) is 0 Å². The van der Waals surface area contributed by atoms with Crippen LogP contribution in [0.2, 0.25) is 0 Å². The highest BCUT2D eigenvalue weighted by molar-refractivity contribution is 5.81. The number of rotatable bonds is 3. The van der Waals surface area contributed by atoms with Gasteiger partial charge in [0.15, 0.2) is 0 Å². The highest BCUT2D eigenvalue weighted by Gasteiger charge is 2.53. The van der Waals surface area contributed by atoms with Crippen LogP contribution < -0.4 is 5.32 Å². The van der Waals surface area contributed by atoms with Crippen molar-refractivity contribution >= 4 is 12.1 Å². The van der Waals surface area contributed by atoms with Gasteiger partial charge < -0.3 is 15.2 Å². The third-order valence-electron chi connectivity index (χ3n) is 4.15. The maximum absolute atomic E-state index is 11.9. The van der Waals surface area contributed by atoms with Crippen molar-refractivity contribution in [3.8, 4) is 0 Å². The lowest BCUT2D eigenvalue weighted by molar-refractivity contribution is -0.143. The van der Waals surface area contributed by atoms with Crippen molar-refractivity contribution in [2.75, 3.05) is 13.1 Å². The van der Waals surface area contributed by atoms with E-state index in [0.29, 0.717) is 0 Å². The molecular formula is C14H24N2O4. The van der Waals surface area contributed by atoms with Crippen molar-refractivity contribution < 1.29 is 19.4 Å². The molecule has 2 aliphatic rings. The van der Waals surface area contributed by atoms with Gasteiger partial charge >= 0.3 is 12.1 Å². The summed E-state index contributed by atoms with van der Waals surface area (Å²) in [5.41, 5.74) is -1.06. The van der Waals surface area contributed by atoms with E-state index < -0.39 is 29.2 Å². The molecule has 6 nitrogen and oxygen atoms in total. The zero-order valence-corrected chi connectivity index (χ0v) is 12.4. The second-order valence-electron chi connectivity index (χ2n) is 6.72. The lowest BCUT2D eigenvalue weighted by atomic mass is 9.85. The molecule has 0 spiro atoms. The lowest BCUT2D eigenvalue weighted by Gasteiger charge is -2.37. The summed E-state index contributed by atoms with van der Waals surface area (Å²) in [4.78, 5) is 25.7. The molecule has 114 valence electrons. The van der Waals surface area contributed by atoms with Crippen molar-refractivity contribution in [1.29, 1.82) is 0 Å². The van der Waals surface area contributed by atoms with E-state index in [2.05, 4.69) is 10.2 Å². The Hall–Kier alpha value is -1.30. The molecular weight excluding hydrogens is 260 g/mol. The van der Waals surface area contributed by atoms with Crippen LogP contribution in [-0.2, 0) is 9.53 Å². The predicted molar refractivity (Wildman–Crippen MR) is 73.6 cm³/mol. The number of alkyl carbamates (subject to hydrolysis) is 1. The van der Waals surface area contributed by atoms with Gasteiger partial charge in [-0.15, -0.1) is 0 Å². The highest BCUT2D eigenvalue weighted by Crippen LogP contribution is 2.41. The van der Waals surface area contributed by atoms with Crippen molar-refractivity contribution in [3.63, 3.8) is 0 Å². The quantitative estimate of drug-likeness (QED) is 0.823. The monoisotopic (exact) mass is 284 g/mol. The van der Waals surface area contributed by atoms with Crippen LogP contribution in [0.5, 0.6) is 0 Å². The number of nitrogens with zero attached hydrogens (tertiary/aromatic N) is 1. The molecule has 2 heterocycles. The largest absolute Gasteiger partial charge is 0.480 e. The Bertz CT molecular complexity index is 392. The van der Waals surface area contributed by atoms with Gasteiger partial charge in [-0.05, 0) is 59.5 Å². The second kappa shape index (κ2) is 5.24. The molecule has 2 fully saturated rings. The number of aliphatic carboxylic acids is 1. The van der Waals surface area contributed by atoms with Gasteiger partial charge in [0.25, 0.3) is 0 Å². The molecule has 20 heavy (non-hydrogen) atoms. The number of fused-ring (bicyclic) bond motifs is 1. The van der Waals surface area contributed by atoms with Crippen LogP contribution in [0.3, 0.4) is 0 Å². The van der Waals surface area contributed by atoms with Crippen LogP contribution >= 0.6 is 0 Å². The van der Waals surface area contributed by atoms with Crippen LogP contribution in [0.1, 0.15) is 46.5 Å². The van der Waals surface area contributed by atoms with Crippen LogP contribution in [0, 0.1) is 0 Å². The van der Waals surface area contributed by atoms with E-state index in [1.54, 1.807) is 20.8 Å². The molecule has 6 heteroatoms. The van der Waals surface area contributed by atoms with Gasteiger partial charge in [-0.1, -0.05) is 0 Å². The second-order valence-corrected chi connectivity index (χ2v) is 6.72. The molecule has 2 aliphatic heterocycles. The normalized spacial score (nSPS) is 23.1. The average Bonchev–Trinajstić information content (AvgIpc) is 2.81. The van der Waals surface area contributed by atoms with E-state index >= 15 is 0 Å². The van der Waals surface area contributed by atoms with Crippen molar-refractivity contribution in [2.45, 2.75) is 63.6 Å². The zero-order valence-electron chi connectivity index (χ0n) is 12.4. The van der Waals surface area contributed by atoms with Gasteiger partial charge in [0.1, 0.15) is 11.6 Å². The number of carboxylic acid groups (broad SMARTS) is 1. The third-order valence-corrected chi connectivity index (χ3v) is 4.15. The molecule has 2 N–H and O–H groups in total. The van der Waals surface area contributed by atoms with Crippen molar-refractivity contribution in [1.82, 2.24) is 10.2 Å². The highest BCUT2D eigenvalue weighted by atomic mass is 16.6. The maximum Gasteiger partial charge on any atom is 0.408 e. The minimum Gasteiger partial charge on any atom is -0.480 e. The van der Waals surface area contributed by atoms with E-state index in [-0.39, 0.29) is 0 Å². The van der Waals surface area contributed by atoms with Gasteiger partial charge in [0.2, 0.25) is 0 Å². The maximum atomic E-state index is 11.9. The number of carboxylic acids is 1. The number of amides is 1. The number of nitrogens with one attached hydrogen (secondary N) is 1. The zero-order chi connectivity index (χ0) is 15.0. The number of hydrogen-bond donors (Lipinski definition) is 2. The number of carbonyl (C=O) groups is 2. The molecule has 0 aromatic heterocycles. The van der Waals surface area contributed by atoms with Gasteiger partial charge in [-0.3, -0.25) is 4.90 Å². The van der Waals surface area contributed by atoms with E-state index in [9.17, 15) is 14.7 Å². The van der Waals surface area contributed by atoms with E-state index in [4.69, 9.17) is 4.74 Å².